The molecule has 2 aliphatic rings. The molecular weight excluding hydrogens is 262 g/mol. The second kappa shape index (κ2) is 5.98. The summed E-state index contributed by atoms with van der Waals surface area (Å²) in [6.45, 7) is 8.60. The lowest BCUT2D eigenvalue weighted by Crippen LogP contribution is -2.34. The SMILES string of the molecule is COCC1CCN(Cc2cccc3c2OC(C)(C)C3)CC1. The van der Waals surface area contributed by atoms with E-state index in [2.05, 4.69) is 36.9 Å². The molecule has 0 aromatic heterocycles. The Morgan fingerprint density at radius 3 is 2.76 bits per heavy atom. The van der Waals surface area contributed by atoms with Gasteiger partial charge in [0, 0.05) is 32.2 Å². The molecule has 1 aromatic rings. The fraction of sp³-hybridized carbons (Fsp3) is 0.667. The third-order valence-electron chi connectivity index (χ3n) is 4.68. The Kier molecular flexibility index (Phi) is 4.23. The largest absolute Gasteiger partial charge is 0.487 e. The fourth-order valence-electron chi connectivity index (χ4n) is 3.59. The van der Waals surface area contributed by atoms with Crippen LogP contribution in [-0.4, -0.2) is 37.3 Å². The average Bonchev–Trinajstić information content (AvgIpc) is 2.76. The van der Waals surface area contributed by atoms with E-state index in [0.717, 1.165) is 31.2 Å². The van der Waals surface area contributed by atoms with Crippen molar-refractivity contribution in [3.63, 3.8) is 0 Å². The van der Waals surface area contributed by atoms with E-state index >= 15 is 0 Å². The maximum atomic E-state index is 6.18. The molecule has 2 heterocycles. The van der Waals surface area contributed by atoms with Gasteiger partial charge in [-0.15, -0.1) is 0 Å². The molecule has 21 heavy (non-hydrogen) atoms. The first-order valence-electron chi connectivity index (χ1n) is 8.08. The molecule has 0 radical (unpaired) electrons. The smallest absolute Gasteiger partial charge is 0.127 e. The molecule has 0 aliphatic carbocycles. The van der Waals surface area contributed by atoms with Gasteiger partial charge in [0.25, 0.3) is 0 Å². The molecule has 0 atom stereocenters. The molecule has 3 rings (SSSR count). The Morgan fingerprint density at radius 2 is 2.05 bits per heavy atom. The van der Waals surface area contributed by atoms with Gasteiger partial charge in [0.15, 0.2) is 0 Å². The highest BCUT2D eigenvalue weighted by molar-refractivity contribution is 5.45. The van der Waals surface area contributed by atoms with E-state index in [1.165, 1.54) is 37.1 Å². The molecule has 0 bridgehead atoms. The number of hydrogen-bond donors (Lipinski definition) is 0. The zero-order valence-corrected chi connectivity index (χ0v) is 13.5. The number of piperidine rings is 1. The van der Waals surface area contributed by atoms with Gasteiger partial charge in [-0.1, -0.05) is 18.2 Å². The summed E-state index contributed by atoms with van der Waals surface area (Å²) in [5.41, 5.74) is 2.67. The molecule has 0 spiro atoms. The molecule has 0 unspecified atom stereocenters. The van der Waals surface area contributed by atoms with Crippen LogP contribution in [0, 0.1) is 5.92 Å². The van der Waals surface area contributed by atoms with E-state index in [9.17, 15) is 0 Å². The number of para-hydroxylation sites is 1. The van der Waals surface area contributed by atoms with Crippen LogP contribution in [0.25, 0.3) is 0 Å². The molecule has 0 saturated carbocycles. The summed E-state index contributed by atoms with van der Waals surface area (Å²) in [5, 5.41) is 0. The summed E-state index contributed by atoms with van der Waals surface area (Å²) >= 11 is 0. The van der Waals surface area contributed by atoms with Gasteiger partial charge in [-0.25, -0.2) is 0 Å². The third kappa shape index (κ3) is 3.41. The monoisotopic (exact) mass is 289 g/mol. The molecule has 3 heteroatoms. The lowest BCUT2D eigenvalue weighted by atomic mass is 9.97. The van der Waals surface area contributed by atoms with Crippen LogP contribution in [0.1, 0.15) is 37.8 Å². The van der Waals surface area contributed by atoms with E-state index in [1.807, 2.05) is 0 Å². The second-order valence-corrected chi connectivity index (χ2v) is 7.12. The first-order valence-corrected chi connectivity index (χ1v) is 8.08. The standard InChI is InChI=1S/C18H27NO2/c1-18(2)11-15-5-4-6-16(17(15)21-18)12-19-9-7-14(8-10-19)13-20-3/h4-6,14H,7-13H2,1-3H3. The zero-order valence-electron chi connectivity index (χ0n) is 13.5. The van der Waals surface area contributed by atoms with Gasteiger partial charge in [-0.2, -0.15) is 0 Å². The number of fused-ring (bicyclic) bond motifs is 1. The Labute approximate surface area is 128 Å². The van der Waals surface area contributed by atoms with Crippen LogP contribution < -0.4 is 4.74 Å². The van der Waals surface area contributed by atoms with E-state index in [1.54, 1.807) is 7.11 Å². The maximum absolute atomic E-state index is 6.18. The van der Waals surface area contributed by atoms with Crippen molar-refractivity contribution < 1.29 is 9.47 Å². The number of ether oxygens (including phenoxy) is 2. The fourth-order valence-corrected chi connectivity index (χ4v) is 3.59. The number of benzene rings is 1. The van der Waals surface area contributed by atoms with Crippen LogP contribution in [0.15, 0.2) is 18.2 Å². The van der Waals surface area contributed by atoms with Gasteiger partial charge in [0.2, 0.25) is 0 Å². The first kappa shape index (κ1) is 14.9. The molecule has 0 N–H and O–H groups in total. The van der Waals surface area contributed by atoms with E-state index in [-0.39, 0.29) is 5.60 Å². The van der Waals surface area contributed by atoms with Crippen molar-refractivity contribution in [3.05, 3.63) is 29.3 Å². The van der Waals surface area contributed by atoms with Crippen LogP contribution >= 0.6 is 0 Å². The van der Waals surface area contributed by atoms with Crippen molar-refractivity contribution in [1.29, 1.82) is 0 Å². The van der Waals surface area contributed by atoms with Crippen molar-refractivity contribution in [2.24, 2.45) is 5.92 Å². The summed E-state index contributed by atoms with van der Waals surface area (Å²) < 4.78 is 11.5. The molecular formula is C18H27NO2. The summed E-state index contributed by atoms with van der Waals surface area (Å²) in [5.74, 6) is 1.88. The number of methoxy groups -OCH3 is 1. The minimum absolute atomic E-state index is 0.0517. The van der Waals surface area contributed by atoms with Crippen molar-refractivity contribution in [2.45, 2.75) is 45.3 Å². The van der Waals surface area contributed by atoms with Gasteiger partial charge in [-0.05, 0) is 51.3 Å². The van der Waals surface area contributed by atoms with Crippen molar-refractivity contribution in [1.82, 2.24) is 4.90 Å². The predicted octanol–water partition coefficient (Wildman–Crippen LogP) is 3.26. The quantitative estimate of drug-likeness (QED) is 0.849. The Bertz CT molecular complexity index is 490. The molecule has 1 saturated heterocycles. The molecule has 1 fully saturated rings. The predicted molar refractivity (Wildman–Crippen MR) is 84.7 cm³/mol. The topological polar surface area (TPSA) is 21.7 Å². The lowest BCUT2D eigenvalue weighted by Gasteiger charge is -2.32. The van der Waals surface area contributed by atoms with Crippen LogP contribution in [0.5, 0.6) is 5.75 Å². The molecule has 3 nitrogen and oxygen atoms in total. The molecule has 116 valence electrons. The van der Waals surface area contributed by atoms with Crippen molar-refractivity contribution >= 4 is 0 Å². The van der Waals surface area contributed by atoms with Gasteiger partial charge < -0.3 is 9.47 Å². The highest BCUT2D eigenvalue weighted by atomic mass is 16.5. The first-order chi connectivity index (χ1) is 10.1. The molecule has 0 amide bonds. The van der Waals surface area contributed by atoms with Gasteiger partial charge in [0.1, 0.15) is 11.4 Å². The van der Waals surface area contributed by atoms with Crippen molar-refractivity contribution in [2.75, 3.05) is 26.8 Å². The van der Waals surface area contributed by atoms with Gasteiger partial charge in [0.05, 0.1) is 0 Å². The minimum atomic E-state index is -0.0517. The summed E-state index contributed by atoms with van der Waals surface area (Å²) in [7, 11) is 1.80. The van der Waals surface area contributed by atoms with Crippen molar-refractivity contribution in [3.8, 4) is 5.75 Å². The van der Waals surface area contributed by atoms with Crippen LogP contribution in [0.3, 0.4) is 0 Å². The van der Waals surface area contributed by atoms with E-state index in [4.69, 9.17) is 9.47 Å². The molecule has 2 aliphatic heterocycles. The summed E-state index contributed by atoms with van der Waals surface area (Å²) in [4.78, 5) is 2.55. The lowest BCUT2D eigenvalue weighted by molar-refractivity contribution is 0.0950. The van der Waals surface area contributed by atoms with Gasteiger partial charge >= 0.3 is 0 Å². The second-order valence-electron chi connectivity index (χ2n) is 7.12. The zero-order chi connectivity index (χ0) is 14.9. The number of rotatable bonds is 4. The van der Waals surface area contributed by atoms with E-state index in [0.29, 0.717) is 0 Å². The van der Waals surface area contributed by atoms with E-state index < -0.39 is 0 Å². The third-order valence-corrected chi connectivity index (χ3v) is 4.68. The minimum Gasteiger partial charge on any atom is -0.487 e. The maximum Gasteiger partial charge on any atom is 0.127 e. The highest BCUT2D eigenvalue weighted by Crippen LogP contribution is 2.38. The Hall–Kier alpha value is -1.06. The Balaban J connectivity index is 1.64. The molecule has 1 aromatic carbocycles. The van der Waals surface area contributed by atoms with Crippen LogP contribution in [0.4, 0.5) is 0 Å². The van der Waals surface area contributed by atoms with Gasteiger partial charge in [-0.3, -0.25) is 4.90 Å². The Morgan fingerprint density at radius 1 is 1.29 bits per heavy atom. The normalized spacial score (nSPS) is 22.0. The number of hydrogen-bond acceptors (Lipinski definition) is 3. The summed E-state index contributed by atoms with van der Waals surface area (Å²) in [6.07, 6.45) is 3.51. The summed E-state index contributed by atoms with van der Waals surface area (Å²) in [6, 6.07) is 6.61. The highest BCUT2D eigenvalue weighted by Gasteiger charge is 2.32. The van der Waals surface area contributed by atoms with Crippen LogP contribution in [-0.2, 0) is 17.7 Å². The average molecular weight is 289 g/mol. The number of nitrogens with zero attached hydrogens (tertiary/aromatic N) is 1. The van der Waals surface area contributed by atoms with Crippen LogP contribution in [0.2, 0.25) is 0 Å². The number of likely N-dealkylation sites (tertiary alicyclic amines) is 1.